The molecule has 0 bridgehead atoms. The minimum absolute atomic E-state index is 0.131. The summed E-state index contributed by atoms with van der Waals surface area (Å²) >= 11 is 0. The zero-order valence-electron chi connectivity index (χ0n) is 9.31. The van der Waals surface area contributed by atoms with Crippen molar-refractivity contribution in [1.82, 2.24) is 4.57 Å². The largest absolute Gasteiger partial charge is 0.491 e. The van der Waals surface area contributed by atoms with Gasteiger partial charge in [0.05, 0.1) is 7.11 Å². The second-order valence-electron chi connectivity index (χ2n) is 3.52. The molecule has 0 N–H and O–H groups in total. The molecule has 0 saturated heterocycles. The summed E-state index contributed by atoms with van der Waals surface area (Å²) in [5.74, 6) is 0.356. The Morgan fingerprint density at radius 2 is 1.75 bits per heavy atom. The maximum absolute atomic E-state index is 12.1. The van der Waals surface area contributed by atoms with E-state index in [0.717, 1.165) is 11.4 Å². The fourth-order valence-electron chi connectivity index (χ4n) is 1.67. The van der Waals surface area contributed by atoms with E-state index in [1.165, 1.54) is 7.11 Å². The van der Waals surface area contributed by atoms with Crippen LogP contribution < -0.4 is 10.3 Å². The van der Waals surface area contributed by atoms with Crippen LogP contribution in [0.4, 0.5) is 0 Å². The molecule has 3 nitrogen and oxygen atoms in total. The molecule has 2 rings (SSSR count). The molecule has 0 amide bonds. The molecular weight excluding hydrogens is 202 g/mol. The predicted octanol–water partition coefficient (Wildman–Crippen LogP) is 2.15. The molecule has 0 unspecified atom stereocenters. The van der Waals surface area contributed by atoms with Crippen LogP contribution in [0.5, 0.6) is 5.75 Å². The Balaban J connectivity index is 2.70. The van der Waals surface area contributed by atoms with Gasteiger partial charge in [-0.15, -0.1) is 0 Å². The normalized spacial score (nSPS) is 10.1. The Labute approximate surface area is 93.9 Å². The fraction of sp³-hybridized carbons (Fsp3) is 0.154. The van der Waals surface area contributed by atoms with Crippen LogP contribution in [-0.2, 0) is 0 Å². The molecule has 1 heterocycles. The molecule has 0 aliphatic rings. The predicted molar refractivity (Wildman–Crippen MR) is 63.3 cm³/mol. The van der Waals surface area contributed by atoms with Crippen LogP contribution in [0.15, 0.2) is 47.3 Å². The summed E-state index contributed by atoms with van der Waals surface area (Å²) in [6.45, 7) is 1.90. The Morgan fingerprint density at radius 3 is 2.38 bits per heavy atom. The number of benzene rings is 1. The summed E-state index contributed by atoms with van der Waals surface area (Å²) in [7, 11) is 1.50. The van der Waals surface area contributed by atoms with Gasteiger partial charge in [0.2, 0.25) is 0 Å². The first-order valence-corrected chi connectivity index (χ1v) is 5.06. The third-order valence-corrected chi connectivity index (χ3v) is 2.48. The first-order chi connectivity index (χ1) is 7.74. The van der Waals surface area contributed by atoms with E-state index >= 15 is 0 Å². The van der Waals surface area contributed by atoms with E-state index in [1.807, 2.05) is 43.3 Å². The summed E-state index contributed by atoms with van der Waals surface area (Å²) in [6.07, 6.45) is 0. The van der Waals surface area contributed by atoms with Crippen molar-refractivity contribution in [3.63, 3.8) is 0 Å². The van der Waals surface area contributed by atoms with Crippen LogP contribution >= 0.6 is 0 Å². The van der Waals surface area contributed by atoms with Gasteiger partial charge in [0.25, 0.3) is 5.56 Å². The summed E-state index contributed by atoms with van der Waals surface area (Å²) in [5, 5.41) is 0. The molecule has 82 valence electrons. The Bertz CT molecular complexity index is 544. The number of aryl methyl sites for hydroxylation is 1. The van der Waals surface area contributed by atoms with Gasteiger partial charge in [0.1, 0.15) is 0 Å². The SMILES string of the molecule is COc1ccc(C)n(-c2ccccc2)c1=O. The molecule has 1 aromatic heterocycles. The van der Waals surface area contributed by atoms with Crippen molar-refractivity contribution in [2.24, 2.45) is 0 Å². The maximum atomic E-state index is 12.1. The highest BCUT2D eigenvalue weighted by Gasteiger charge is 2.07. The average molecular weight is 215 g/mol. The number of hydrogen-bond donors (Lipinski definition) is 0. The molecular formula is C13H13NO2. The number of nitrogens with zero attached hydrogens (tertiary/aromatic N) is 1. The van der Waals surface area contributed by atoms with E-state index < -0.39 is 0 Å². The molecule has 0 atom stereocenters. The minimum Gasteiger partial charge on any atom is -0.491 e. The molecule has 0 saturated carbocycles. The van der Waals surface area contributed by atoms with Gasteiger partial charge in [-0.3, -0.25) is 9.36 Å². The van der Waals surface area contributed by atoms with Crippen LogP contribution in [-0.4, -0.2) is 11.7 Å². The molecule has 0 spiro atoms. The van der Waals surface area contributed by atoms with Crippen molar-refractivity contribution in [2.75, 3.05) is 7.11 Å². The Morgan fingerprint density at radius 1 is 1.06 bits per heavy atom. The number of para-hydroxylation sites is 1. The van der Waals surface area contributed by atoms with Gasteiger partial charge >= 0.3 is 0 Å². The molecule has 1 aromatic carbocycles. The molecule has 0 fully saturated rings. The lowest BCUT2D eigenvalue weighted by Gasteiger charge is -2.11. The Kier molecular flexibility index (Phi) is 2.77. The van der Waals surface area contributed by atoms with Crippen molar-refractivity contribution >= 4 is 0 Å². The summed E-state index contributed by atoms with van der Waals surface area (Å²) in [4.78, 5) is 12.1. The van der Waals surface area contributed by atoms with Gasteiger partial charge < -0.3 is 4.74 Å². The van der Waals surface area contributed by atoms with Crippen molar-refractivity contribution in [3.05, 3.63) is 58.5 Å². The molecule has 0 aliphatic carbocycles. The van der Waals surface area contributed by atoms with Gasteiger partial charge in [0, 0.05) is 11.4 Å². The third-order valence-electron chi connectivity index (χ3n) is 2.48. The van der Waals surface area contributed by atoms with E-state index in [1.54, 1.807) is 10.6 Å². The van der Waals surface area contributed by atoms with Crippen LogP contribution in [0.3, 0.4) is 0 Å². The fourth-order valence-corrected chi connectivity index (χ4v) is 1.67. The van der Waals surface area contributed by atoms with E-state index in [-0.39, 0.29) is 5.56 Å². The summed E-state index contributed by atoms with van der Waals surface area (Å²) in [6, 6.07) is 13.1. The van der Waals surface area contributed by atoms with Gasteiger partial charge in [0.15, 0.2) is 5.75 Å². The molecule has 2 aromatic rings. The minimum atomic E-state index is -0.131. The zero-order chi connectivity index (χ0) is 11.5. The van der Waals surface area contributed by atoms with Crippen molar-refractivity contribution in [3.8, 4) is 11.4 Å². The van der Waals surface area contributed by atoms with Crippen molar-refractivity contribution < 1.29 is 4.74 Å². The first-order valence-electron chi connectivity index (χ1n) is 5.06. The quantitative estimate of drug-likeness (QED) is 0.768. The van der Waals surface area contributed by atoms with Crippen LogP contribution in [0, 0.1) is 6.92 Å². The van der Waals surface area contributed by atoms with Gasteiger partial charge in [-0.05, 0) is 31.2 Å². The van der Waals surface area contributed by atoms with E-state index in [2.05, 4.69) is 0 Å². The van der Waals surface area contributed by atoms with E-state index in [4.69, 9.17) is 4.74 Å². The number of pyridine rings is 1. The van der Waals surface area contributed by atoms with Crippen molar-refractivity contribution in [2.45, 2.75) is 6.92 Å². The van der Waals surface area contributed by atoms with E-state index in [9.17, 15) is 4.79 Å². The lowest BCUT2D eigenvalue weighted by Crippen LogP contribution is -2.21. The first kappa shape index (κ1) is 10.5. The standard InChI is InChI=1S/C13H13NO2/c1-10-8-9-12(16-2)13(15)14(10)11-6-4-3-5-7-11/h3-9H,1-2H3. The lowest BCUT2D eigenvalue weighted by molar-refractivity contribution is 0.406. The second-order valence-corrected chi connectivity index (χ2v) is 3.52. The number of rotatable bonds is 2. The Hall–Kier alpha value is -2.03. The number of ether oxygens (including phenoxy) is 1. The van der Waals surface area contributed by atoms with Crippen LogP contribution in [0.25, 0.3) is 5.69 Å². The molecule has 3 heteroatoms. The second kappa shape index (κ2) is 4.23. The van der Waals surface area contributed by atoms with Gasteiger partial charge in [-0.2, -0.15) is 0 Å². The molecule has 0 aliphatic heterocycles. The number of aromatic nitrogens is 1. The van der Waals surface area contributed by atoms with Gasteiger partial charge in [-0.25, -0.2) is 0 Å². The van der Waals surface area contributed by atoms with Gasteiger partial charge in [-0.1, -0.05) is 18.2 Å². The maximum Gasteiger partial charge on any atom is 0.297 e. The number of hydrogen-bond acceptors (Lipinski definition) is 2. The summed E-state index contributed by atoms with van der Waals surface area (Å²) in [5.41, 5.74) is 1.61. The average Bonchev–Trinajstić information content (AvgIpc) is 2.31. The highest BCUT2D eigenvalue weighted by Crippen LogP contribution is 2.11. The highest BCUT2D eigenvalue weighted by molar-refractivity contribution is 5.36. The smallest absolute Gasteiger partial charge is 0.297 e. The monoisotopic (exact) mass is 215 g/mol. The van der Waals surface area contributed by atoms with Crippen LogP contribution in [0.1, 0.15) is 5.69 Å². The van der Waals surface area contributed by atoms with Crippen molar-refractivity contribution in [1.29, 1.82) is 0 Å². The third kappa shape index (κ3) is 1.72. The highest BCUT2D eigenvalue weighted by atomic mass is 16.5. The summed E-state index contributed by atoms with van der Waals surface area (Å²) < 4.78 is 6.67. The molecule has 16 heavy (non-hydrogen) atoms. The topological polar surface area (TPSA) is 31.2 Å². The lowest BCUT2D eigenvalue weighted by atomic mass is 10.2. The van der Waals surface area contributed by atoms with Crippen LogP contribution in [0.2, 0.25) is 0 Å². The number of methoxy groups -OCH3 is 1. The zero-order valence-corrected chi connectivity index (χ0v) is 9.31. The van der Waals surface area contributed by atoms with E-state index in [0.29, 0.717) is 5.75 Å². The molecule has 0 radical (unpaired) electrons.